The molecule has 0 radical (unpaired) electrons. The predicted molar refractivity (Wildman–Crippen MR) is 98.0 cm³/mol. The van der Waals surface area contributed by atoms with Gasteiger partial charge in [-0.1, -0.05) is 18.2 Å². The average molecular weight is 370 g/mol. The first-order chi connectivity index (χ1) is 13.1. The van der Waals surface area contributed by atoms with Crippen molar-refractivity contribution in [1.82, 2.24) is 20.5 Å². The number of para-hydroxylation sites is 1. The molecule has 2 saturated heterocycles. The Balaban J connectivity index is 1.36. The molecule has 4 amide bonds. The molecule has 0 saturated carbocycles. The van der Waals surface area contributed by atoms with Crippen molar-refractivity contribution in [2.24, 2.45) is 0 Å². The summed E-state index contributed by atoms with van der Waals surface area (Å²) < 4.78 is 5.45. The highest BCUT2D eigenvalue weighted by atomic mass is 16.5. The molecule has 3 N–H and O–H groups in total. The van der Waals surface area contributed by atoms with E-state index in [9.17, 15) is 14.4 Å². The number of carbonyl (C=O) groups is 3. The van der Waals surface area contributed by atoms with Crippen LogP contribution >= 0.6 is 0 Å². The third-order valence-electron chi connectivity index (χ3n) is 5.06. The molecule has 0 bridgehead atoms. The van der Waals surface area contributed by atoms with Crippen LogP contribution < -0.4 is 10.6 Å². The number of rotatable bonds is 6. The Hall–Kier alpha value is -2.87. The first-order valence-corrected chi connectivity index (χ1v) is 9.17. The van der Waals surface area contributed by atoms with E-state index in [1.54, 1.807) is 0 Å². The number of benzene rings is 1. The predicted octanol–water partition coefficient (Wildman–Crippen LogP) is 0.926. The second-order valence-electron chi connectivity index (χ2n) is 6.93. The Morgan fingerprint density at radius 2 is 2.15 bits per heavy atom. The molecule has 3 heterocycles. The fourth-order valence-electron chi connectivity index (χ4n) is 3.62. The van der Waals surface area contributed by atoms with Crippen molar-refractivity contribution in [3.8, 4) is 0 Å². The molecule has 2 aromatic rings. The Bertz CT molecular complexity index is 871. The second-order valence-corrected chi connectivity index (χ2v) is 6.93. The van der Waals surface area contributed by atoms with Crippen LogP contribution in [0.3, 0.4) is 0 Å². The number of hydrogen-bond acceptors (Lipinski definition) is 4. The number of amides is 4. The van der Waals surface area contributed by atoms with E-state index >= 15 is 0 Å². The molecule has 2 aliphatic heterocycles. The molecular formula is C19H22N4O4. The molecule has 0 spiro atoms. The number of nitrogens with zero attached hydrogens (tertiary/aromatic N) is 1. The van der Waals surface area contributed by atoms with Crippen LogP contribution in [0.1, 0.15) is 18.4 Å². The van der Waals surface area contributed by atoms with Crippen LogP contribution in [0, 0.1) is 0 Å². The van der Waals surface area contributed by atoms with Crippen LogP contribution in [0.25, 0.3) is 10.9 Å². The van der Waals surface area contributed by atoms with Crippen LogP contribution in [-0.2, 0) is 20.7 Å². The number of aromatic nitrogens is 1. The SMILES string of the molecule is O=C(CN1C(=O)N[C@H](Cc2c[nH]c3ccccc23)C1=O)NC[C@@H]1CCCO1. The Morgan fingerprint density at radius 3 is 2.96 bits per heavy atom. The van der Waals surface area contributed by atoms with E-state index in [4.69, 9.17) is 4.74 Å². The van der Waals surface area contributed by atoms with E-state index in [2.05, 4.69) is 15.6 Å². The molecule has 1 aromatic heterocycles. The van der Waals surface area contributed by atoms with Crippen LogP contribution in [0.2, 0.25) is 0 Å². The number of carbonyl (C=O) groups excluding carboxylic acids is 3. The first kappa shape index (κ1) is 17.5. The fourth-order valence-corrected chi connectivity index (χ4v) is 3.62. The number of hydrogen-bond donors (Lipinski definition) is 3. The summed E-state index contributed by atoms with van der Waals surface area (Å²) in [5, 5.41) is 6.43. The summed E-state index contributed by atoms with van der Waals surface area (Å²) in [5.74, 6) is -0.737. The Kier molecular flexibility index (Phi) is 4.81. The first-order valence-electron chi connectivity index (χ1n) is 9.17. The van der Waals surface area contributed by atoms with Gasteiger partial charge in [-0.15, -0.1) is 0 Å². The van der Waals surface area contributed by atoms with Gasteiger partial charge in [-0.25, -0.2) is 4.79 Å². The second kappa shape index (κ2) is 7.40. The van der Waals surface area contributed by atoms with E-state index in [1.807, 2.05) is 30.5 Å². The van der Waals surface area contributed by atoms with E-state index in [0.717, 1.165) is 34.2 Å². The number of urea groups is 1. The van der Waals surface area contributed by atoms with Gasteiger partial charge in [0.25, 0.3) is 5.91 Å². The molecule has 0 unspecified atom stereocenters. The quantitative estimate of drug-likeness (QED) is 0.658. The number of H-pyrrole nitrogens is 1. The lowest BCUT2D eigenvalue weighted by atomic mass is 10.1. The molecule has 1 aromatic carbocycles. The van der Waals surface area contributed by atoms with Gasteiger partial charge >= 0.3 is 6.03 Å². The lowest BCUT2D eigenvalue weighted by molar-refractivity contribution is -0.132. The number of aromatic amines is 1. The molecule has 27 heavy (non-hydrogen) atoms. The Labute approximate surface area is 156 Å². The summed E-state index contributed by atoms with van der Waals surface area (Å²) in [5.41, 5.74) is 1.93. The number of ether oxygens (including phenoxy) is 1. The van der Waals surface area contributed by atoms with Gasteiger partial charge in [-0.05, 0) is 24.5 Å². The summed E-state index contributed by atoms with van der Waals surface area (Å²) in [6.45, 7) is 0.839. The van der Waals surface area contributed by atoms with E-state index in [1.165, 1.54) is 0 Å². The molecule has 0 aliphatic carbocycles. The van der Waals surface area contributed by atoms with E-state index in [0.29, 0.717) is 19.6 Å². The minimum absolute atomic E-state index is 0.0201. The van der Waals surface area contributed by atoms with Crippen molar-refractivity contribution in [2.75, 3.05) is 19.7 Å². The van der Waals surface area contributed by atoms with Crippen molar-refractivity contribution >= 4 is 28.7 Å². The average Bonchev–Trinajstić information content (AvgIpc) is 3.38. The van der Waals surface area contributed by atoms with Crippen molar-refractivity contribution < 1.29 is 19.1 Å². The topological polar surface area (TPSA) is 104 Å². The molecule has 8 heteroatoms. The molecule has 8 nitrogen and oxygen atoms in total. The highest BCUT2D eigenvalue weighted by Crippen LogP contribution is 2.21. The van der Waals surface area contributed by atoms with Gasteiger partial charge in [0, 0.05) is 36.7 Å². The largest absolute Gasteiger partial charge is 0.376 e. The summed E-state index contributed by atoms with van der Waals surface area (Å²) >= 11 is 0. The van der Waals surface area contributed by atoms with Gasteiger partial charge in [0.15, 0.2) is 0 Å². The Morgan fingerprint density at radius 1 is 1.30 bits per heavy atom. The van der Waals surface area contributed by atoms with Gasteiger partial charge < -0.3 is 20.4 Å². The number of nitrogens with one attached hydrogen (secondary N) is 3. The van der Waals surface area contributed by atoms with E-state index in [-0.39, 0.29) is 24.5 Å². The summed E-state index contributed by atoms with van der Waals surface area (Å²) in [6.07, 6.45) is 4.15. The molecule has 2 atom stereocenters. The summed E-state index contributed by atoms with van der Waals surface area (Å²) in [6, 6.07) is 6.60. The minimum Gasteiger partial charge on any atom is -0.376 e. The highest BCUT2D eigenvalue weighted by Gasteiger charge is 2.39. The van der Waals surface area contributed by atoms with Crippen molar-refractivity contribution in [2.45, 2.75) is 31.4 Å². The molecule has 2 aliphatic rings. The number of fused-ring (bicyclic) bond motifs is 1. The maximum absolute atomic E-state index is 12.6. The minimum atomic E-state index is -0.664. The van der Waals surface area contributed by atoms with E-state index < -0.39 is 12.1 Å². The fraction of sp³-hybridized carbons (Fsp3) is 0.421. The maximum atomic E-state index is 12.6. The summed E-state index contributed by atoms with van der Waals surface area (Å²) in [4.78, 5) is 41.0. The van der Waals surface area contributed by atoms with Crippen LogP contribution in [0.4, 0.5) is 4.79 Å². The van der Waals surface area contributed by atoms with Crippen molar-refractivity contribution in [3.05, 3.63) is 36.0 Å². The standard InChI is InChI=1S/C19H22N4O4/c24-17(21-10-13-4-3-7-27-13)11-23-18(25)16(22-19(23)26)8-12-9-20-15-6-2-1-5-14(12)15/h1-2,5-6,9,13,16,20H,3-4,7-8,10-11H2,(H,21,24)(H,22,26)/t13-,16+/m0/s1. The van der Waals surface area contributed by atoms with Crippen molar-refractivity contribution in [3.63, 3.8) is 0 Å². The zero-order valence-corrected chi connectivity index (χ0v) is 14.9. The van der Waals surface area contributed by atoms with Crippen LogP contribution in [0.15, 0.2) is 30.5 Å². The maximum Gasteiger partial charge on any atom is 0.325 e. The van der Waals surface area contributed by atoms with Gasteiger partial charge in [-0.3, -0.25) is 14.5 Å². The lowest BCUT2D eigenvalue weighted by Crippen LogP contribution is -2.43. The smallest absolute Gasteiger partial charge is 0.325 e. The monoisotopic (exact) mass is 370 g/mol. The van der Waals surface area contributed by atoms with Crippen LogP contribution in [-0.4, -0.2) is 59.6 Å². The third-order valence-corrected chi connectivity index (χ3v) is 5.06. The number of imide groups is 1. The van der Waals surface area contributed by atoms with Crippen LogP contribution in [0.5, 0.6) is 0 Å². The zero-order valence-electron chi connectivity index (χ0n) is 14.9. The highest BCUT2D eigenvalue weighted by molar-refractivity contribution is 6.06. The molecule has 2 fully saturated rings. The molecule has 142 valence electrons. The molecule has 4 rings (SSSR count). The van der Waals surface area contributed by atoms with Gasteiger partial charge in [0.1, 0.15) is 12.6 Å². The van der Waals surface area contributed by atoms with Crippen molar-refractivity contribution in [1.29, 1.82) is 0 Å². The molecular weight excluding hydrogens is 348 g/mol. The third kappa shape index (κ3) is 3.66. The zero-order chi connectivity index (χ0) is 18.8. The van der Waals surface area contributed by atoms with Gasteiger partial charge in [-0.2, -0.15) is 0 Å². The lowest BCUT2D eigenvalue weighted by Gasteiger charge is -2.15. The summed E-state index contributed by atoms with van der Waals surface area (Å²) in [7, 11) is 0. The normalized spacial score (nSPS) is 22.4. The van der Waals surface area contributed by atoms with Gasteiger partial charge in [0.2, 0.25) is 5.91 Å². The van der Waals surface area contributed by atoms with Gasteiger partial charge in [0.05, 0.1) is 6.10 Å².